The Kier molecular flexibility index (Phi) is 3.51. The summed E-state index contributed by atoms with van der Waals surface area (Å²) in [5.41, 5.74) is 0.406. The van der Waals surface area contributed by atoms with Crippen LogP contribution in [0.15, 0.2) is 12.1 Å². The maximum Gasteiger partial charge on any atom is 0.142 e. The van der Waals surface area contributed by atoms with E-state index in [1.807, 2.05) is 6.92 Å². The van der Waals surface area contributed by atoms with Gasteiger partial charge >= 0.3 is 0 Å². The number of benzene rings is 1. The largest absolute Gasteiger partial charge is 0.508 e. The third-order valence-electron chi connectivity index (χ3n) is 1.72. The number of phenols is 1. The van der Waals surface area contributed by atoms with Crippen molar-refractivity contribution in [1.29, 1.82) is 0 Å². The Morgan fingerprint density at radius 2 is 2.23 bits per heavy atom. The van der Waals surface area contributed by atoms with Crippen molar-refractivity contribution < 1.29 is 9.50 Å². The lowest BCUT2D eigenvalue weighted by Gasteiger charge is -2.07. The fourth-order valence-electron chi connectivity index (χ4n) is 1.00. The minimum atomic E-state index is -0.507. The van der Waals surface area contributed by atoms with Gasteiger partial charge in [0.05, 0.1) is 5.02 Å². The van der Waals surface area contributed by atoms with E-state index in [-0.39, 0.29) is 10.8 Å². The third-order valence-corrected chi connectivity index (χ3v) is 2.13. The van der Waals surface area contributed by atoms with Gasteiger partial charge < -0.3 is 10.4 Å². The van der Waals surface area contributed by atoms with Gasteiger partial charge in [-0.3, -0.25) is 0 Å². The number of rotatable bonds is 3. The Balaban J connectivity index is 2.96. The van der Waals surface area contributed by atoms with E-state index >= 15 is 0 Å². The van der Waals surface area contributed by atoms with Crippen LogP contribution in [0.5, 0.6) is 5.75 Å². The summed E-state index contributed by atoms with van der Waals surface area (Å²) >= 11 is 5.66. The first-order valence-corrected chi connectivity index (χ1v) is 4.41. The minimum absolute atomic E-state index is 0.0130. The smallest absolute Gasteiger partial charge is 0.142 e. The topological polar surface area (TPSA) is 32.3 Å². The second-order valence-electron chi connectivity index (χ2n) is 2.64. The molecule has 0 fully saturated rings. The molecule has 1 rings (SSSR count). The van der Waals surface area contributed by atoms with E-state index in [2.05, 4.69) is 5.32 Å². The molecule has 0 aromatic heterocycles. The highest BCUT2D eigenvalue weighted by Crippen LogP contribution is 2.27. The Labute approximate surface area is 81.3 Å². The van der Waals surface area contributed by atoms with Gasteiger partial charge in [0.25, 0.3) is 0 Å². The van der Waals surface area contributed by atoms with Gasteiger partial charge in [0, 0.05) is 12.1 Å². The minimum Gasteiger partial charge on any atom is -0.508 e. The van der Waals surface area contributed by atoms with Crippen LogP contribution < -0.4 is 5.32 Å². The van der Waals surface area contributed by atoms with Crippen molar-refractivity contribution in [2.45, 2.75) is 13.5 Å². The molecule has 0 saturated carbocycles. The lowest BCUT2D eigenvalue weighted by Crippen LogP contribution is -2.12. The second-order valence-corrected chi connectivity index (χ2v) is 3.02. The summed E-state index contributed by atoms with van der Waals surface area (Å²) in [5.74, 6) is -0.486. The predicted octanol–water partition coefficient (Wildman–Crippen LogP) is 2.29. The summed E-state index contributed by atoms with van der Waals surface area (Å²) in [4.78, 5) is 0. The highest BCUT2D eigenvalue weighted by molar-refractivity contribution is 6.31. The van der Waals surface area contributed by atoms with E-state index in [0.717, 1.165) is 12.6 Å². The Bertz CT molecular complexity index is 304. The van der Waals surface area contributed by atoms with Crippen molar-refractivity contribution in [3.05, 3.63) is 28.5 Å². The first-order valence-electron chi connectivity index (χ1n) is 4.03. The predicted molar refractivity (Wildman–Crippen MR) is 50.5 cm³/mol. The maximum absolute atomic E-state index is 12.9. The summed E-state index contributed by atoms with van der Waals surface area (Å²) in [6.07, 6.45) is 0. The van der Waals surface area contributed by atoms with Crippen molar-refractivity contribution in [3.8, 4) is 5.75 Å². The molecule has 0 unspecified atom stereocenters. The highest BCUT2D eigenvalue weighted by Gasteiger charge is 2.09. The molecule has 13 heavy (non-hydrogen) atoms. The highest BCUT2D eigenvalue weighted by atomic mass is 35.5. The Hall–Kier alpha value is -0.800. The lowest BCUT2D eigenvalue weighted by molar-refractivity contribution is 0.462. The summed E-state index contributed by atoms with van der Waals surface area (Å²) in [6.45, 7) is 3.04. The lowest BCUT2D eigenvalue weighted by atomic mass is 10.2. The molecule has 2 N–H and O–H groups in total. The van der Waals surface area contributed by atoms with Crippen molar-refractivity contribution >= 4 is 11.6 Å². The van der Waals surface area contributed by atoms with Crippen LogP contribution in [-0.2, 0) is 6.54 Å². The molecule has 0 saturated heterocycles. The van der Waals surface area contributed by atoms with Crippen molar-refractivity contribution in [3.63, 3.8) is 0 Å². The average molecular weight is 204 g/mol. The van der Waals surface area contributed by atoms with E-state index in [0.29, 0.717) is 12.1 Å². The molecule has 0 atom stereocenters. The number of halogens is 2. The van der Waals surface area contributed by atoms with Crippen LogP contribution >= 0.6 is 11.6 Å². The molecule has 0 heterocycles. The number of aromatic hydroxyl groups is 1. The van der Waals surface area contributed by atoms with Crippen LogP contribution in [-0.4, -0.2) is 11.7 Å². The van der Waals surface area contributed by atoms with E-state index in [1.165, 1.54) is 6.07 Å². The first kappa shape index (κ1) is 10.3. The molecular weight excluding hydrogens is 193 g/mol. The fraction of sp³-hybridized carbons (Fsp3) is 0.333. The van der Waals surface area contributed by atoms with E-state index in [4.69, 9.17) is 11.6 Å². The number of hydrogen-bond acceptors (Lipinski definition) is 2. The molecular formula is C9H11ClFNO. The molecule has 2 nitrogen and oxygen atoms in total. The van der Waals surface area contributed by atoms with E-state index in [9.17, 15) is 9.50 Å². The second kappa shape index (κ2) is 4.44. The average Bonchev–Trinajstić information content (AvgIpc) is 2.12. The Morgan fingerprint density at radius 3 is 2.85 bits per heavy atom. The quantitative estimate of drug-likeness (QED) is 0.790. The molecule has 72 valence electrons. The van der Waals surface area contributed by atoms with Crippen molar-refractivity contribution in [2.75, 3.05) is 6.54 Å². The van der Waals surface area contributed by atoms with E-state index in [1.54, 1.807) is 0 Å². The molecule has 1 aromatic rings. The molecule has 4 heteroatoms. The van der Waals surface area contributed by atoms with Gasteiger partial charge in [-0.1, -0.05) is 18.5 Å². The van der Waals surface area contributed by atoms with Crippen molar-refractivity contribution in [2.24, 2.45) is 0 Å². The van der Waals surface area contributed by atoms with Crippen LogP contribution in [0, 0.1) is 5.82 Å². The number of nitrogens with one attached hydrogen (secondary N) is 1. The fourth-order valence-corrected chi connectivity index (χ4v) is 1.23. The number of phenolic OH excluding ortho intramolecular Hbond substituents is 1. The van der Waals surface area contributed by atoms with Gasteiger partial charge in [0.15, 0.2) is 0 Å². The summed E-state index contributed by atoms with van der Waals surface area (Å²) < 4.78 is 12.9. The van der Waals surface area contributed by atoms with Gasteiger partial charge in [0.1, 0.15) is 11.6 Å². The zero-order valence-corrected chi connectivity index (χ0v) is 8.03. The Morgan fingerprint density at radius 1 is 1.54 bits per heavy atom. The molecule has 0 aliphatic rings. The summed E-state index contributed by atoms with van der Waals surface area (Å²) in [6, 6.07) is 2.45. The normalized spacial score (nSPS) is 10.4. The molecule has 0 spiro atoms. The van der Waals surface area contributed by atoms with Gasteiger partial charge in [-0.25, -0.2) is 4.39 Å². The SMILES string of the molecule is CCNCc1c(O)ccc(F)c1Cl. The van der Waals surface area contributed by atoms with Crippen LogP contribution in [0.4, 0.5) is 4.39 Å². The van der Waals surface area contributed by atoms with Gasteiger partial charge in [-0.15, -0.1) is 0 Å². The van der Waals surface area contributed by atoms with Crippen LogP contribution in [0.3, 0.4) is 0 Å². The summed E-state index contributed by atoms with van der Waals surface area (Å²) in [5, 5.41) is 12.3. The monoisotopic (exact) mass is 203 g/mol. The third kappa shape index (κ3) is 2.32. The number of hydrogen-bond donors (Lipinski definition) is 2. The van der Waals surface area contributed by atoms with Crippen LogP contribution in [0.25, 0.3) is 0 Å². The molecule has 0 aliphatic heterocycles. The standard InChI is InChI=1S/C9H11ClFNO/c1-2-12-5-6-8(13)4-3-7(11)9(6)10/h3-4,12-13H,2,5H2,1H3. The van der Waals surface area contributed by atoms with Crippen LogP contribution in [0.1, 0.15) is 12.5 Å². The molecule has 0 amide bonds. The van der Waals surface area contributed by atoms with E-state index < -0.39 is 5.82 Å². The maximum atomic E-state index is 12.9. The summed E-state index contributed by atoms with van der Waals surface area (Å²) in [7, 11) is 0. The molecule has 0 radical (unpaired) electrons. The zero-order chi connectivity index (χ0) is 9.84. The van der Waals surface area contributed by atoms with Gasteiger partial charge in [-0.2, -0.15) is 0 Å². The van der Waals surface area contributed by atoms with Gasteiger partial charge in [0.2, 0.25) is 0 Å². The molecule has 0 aliphatic carbocycles. The molecule has 1 aromatic carbocycles. The first-order chi connectivity index (χ1) is 6.16. The van der Waals surface area contributed by atoms with Crippen LogP contribution in [0.2, 0.25) is 5.02 Å². The zero-order valence-electron chi connectivity index (χ0n) is 7.27. The molecule has 0 bridgehead atoms. The van der Waals surface area contributed by atoms with Gasteiger partial charge in [-0.05, 0) is 18.7 Å². The van der Waals surface area contributed by atoms with Crippen molar-refractivity contribution in [1.82, 2.24) is 5.32 Å².